The molecule has 0 saturated carbocycles. The van der Waals surface area contributed by atoms with E-state index in [2.05, 4.69) is 24.3 Å². The zero-order chi connectivity index (χ0) is 8.23. The van der Waals surface area contributed by atoms with Crippen molar-refractivity contribution in [1.82, 2.24) is 0 Å². The van der Waals surface area contributed by atoms with E-state index in [1.165, 1.54) is 11.1 Å². The topological polar surface area (TPSA) is 0 Å². The summed E-state index contributed by atoms with van der Waals surface area (Å²) in [6.45, 7) is 0. The van der Waals surface area contributed by atoms with Crippen molar-refractivity contribution in [2.45, 2.75) is 0 Å². The van der Waals surface area contributed by atoms with Crippen LogP contribution in [0.5, 0.6) is 0 Å². The fourth-order valence-corrected chi connectivity index (χ4v) is 1.20. The quantitative estimate of drug-likeness (QED) is 0.544. The first kappa shape index (κ1) is 7.02. The summed E-state index contributed by atoms with van der Waals surface area (Å²) in [4.78, 5) is 0. The molecule has 0 saturated heterocycles. The van der Waals surface area contributed by atoms with Crippen LogP contribution in [0.3, 0.4) is 0 Å². The Hall–Kier alpha value is -1.65. The molecule has 0 bridgehead atoms. The molecule has 0 aliphatic heterocycles. The Morgan fingerprint density at radius 1 is 1.00 bits per heavy atom. The SMILES string of the molecule is [C+]1=CC(c2ccccc2)=CC=C1. The van der Waals surface area contributed by atoms with Gasteiger partial charge in [-0.1, -0.05) is 18.2 Å². The van der Waals surface area contributed by atoms with Crippen LogP contribution in [0.15, 0.2) is 54.6 Å². The normalized spacial score (nSPS) is 13.8. The van der Waals surface area contributed by atoms with Crippen LogP contribution in [0.2, 0.25) is 0 Å². The monoisotopic (exact) mass is 153 g/mol. The number of rotatable bonds is 1. The van der Waals surface area contributed by atoms with E-state index in [-0.39, 0.29) is 0 Å². The van der Waals surface area contributed by atoms with Crippen molar-refractivity contribution in [3.8, 4) is 0 Å². The smallest absolute Gasteiger partial charge is 0.0621 e. The Morgan fingerprint density at radius 2 is 1.83 bits per heavy atom. The van der Waals surface area contributed by atoms with Crippen molar-refractivity contribution in [3.05, 3.63) is 66.3 Å². The van der Waals surface area contributed by atoms with Crippen LogP contribution in [0, 0.1) is 6.08 Å². The Bertz CT molecular complexity index is 340. The van der Waals surface area contributed by atoms with Gasteiger partial charge in [-0.25, -0.2) is 0 Å². The van der Waals surface area contributed by atoms with E-state index in [1.54, 1.807) is 0 Å². The summed E-state index contributed by atoms with van der Waals surface area (Å²) in [5.41, 5.74) is 2.47. The van der Waals surface area contributed by atoms with Crippen LogP contribution in [-0.4, -0.2) is 0 Å². The second kappa shape index (κ2) is 3.17. The number of benzene rings is 1. The van der Waals surface area contributed by atoms with Gasteiger partial charge in [0.05, 0.1) is 11.6 Å². The average molecular weight is 153 g/mol. The van der Waals surface area contributed by atoms with Gasteiger partial charge in [0.2, 0.25) is 0 Å². The highest BCUT2D eigenvalue weighted by Crippen LogP contribution is 2.17. The second-order valence-corrected chi connectivity index (χ2v) is 2.66. The van der Waals surface area contributed by atoms with Crippen molar-refractivity contribution in [2.24, 2.45) is 0 Å². The number of hydrogen-bond donors (Lipinski definition) is 0. The van der Waals surface area contributed by atoms with Crippen molar-refractivity contribution in [2.75, 3.05) is 0 Å². The summed E-state index contributed by atoms with van der Waals surface area (Å²) in [7, 11) is 0. The maximum Gasteiger partial charge on any atom is 0.111 e. The van der Waals surface area contributed by atoms with Gasteiger partial charge in [0.25, 0.3) is 0 Å². The lowest BCUT2D eigenvalue weighted by Crippen LogP contribution is -1.81. The molecule has 0 heteroatoms. The molecule has 0 heterocycles. The van der Waals surface area contributed by atoms with Crippen LogP contribution in [0.4, 0.5) is 0 Å². The maximum absolute atomic E-state index is 3.06. The predicted molar refractivity (Wildman–Crippen MR) is 51.4 cm³/mol. The molecule has 0 spiro atoms. The first-order valence-electron chi connectivity index (χ1n) is 3.98. The van der Waals surface area contributed by atoms with Gasteiger partial charge in [-0.15, -0.1) is 0 Å². The minimum absolute atomic E-state index is 1.22. The third-order valence-electron chi connectivity index (χ3n) is 1.81. The lowest BCUT2D eigenvalue weighted by molar-refractivity contribution is 1.60. The molecule has 0 atom stereocenters. The van der Waals surface area contributed by atoms with Crippen molar-refractivity contribution in [1.29, 1.82) is 0 Å². The van der Waals surface area contributed by atoms with E-state index in [4.69, 9.17) is 0 Å². The lowest BCUT2D eigenvalue weighted by atomic mass is 10.0. The molecule has 0 radical (unpaired) electrons. The largest absolute Gasteiger partial charge is 0.111 e. The van der Waals surface area contributed by atoms with Crippen LogP contribution in [0.25, 0.3) is 5.57 Å². The van der Waals surface area contributed by atoms with E-state index in [0.29, 0.717) is 0 Å². The van der Waals surface area contributed by atoms with Gasteiger partial charge in [-0.3, -0.25) is 0 Å². The Balaban J connectivity index is 2.38. The molecule has 1 aliphatic carbocycles. The summed E-state index contributed by atoms with van der Waals surface area (Å²) < 4.78 is 0. The van der Waals surface area contributed by atoms with Gasteiger partial charge in [0.15, 0.2) is 0 Å². The summed E-state index contributed by atoms with van der Waals surface area (Å²) >= 11 is 0. The molecule has 0 nitrogen and oxygen atoms in total. The predicted octanol–water partition coefficient (Wildman–Crippen LogP) is 3.00. The Labute approximate surface area is 72.5 Å². The zero-order valence-corrected chi connectivity index (χ0v) is 6.70. The van der Waals surface area contributed by atoms with Crippen molar-refractivity contribution < 1.29 is 0 Å². The van der Waals surface area contributed by atoms with Gasteiger partial charge >= 0.3 is 0 Å². The van der Waals surface area contributed by atoms with E-state index in [0.717, 1.165) is 0 Å². The van der Waals surface area contributed by atoms with E-state index in [1.807, 2.05) is 36.4 Å². The summed E-state index contributed by atoms with van der Waals surface area (Å²) in [6.07, 6.45) is 11.1. The first-order valence-corrected chi connectivity index (χ1v) is 3.98. The standard InChI is InChI=1S/C12H9/c1-3-7-11(8-4-1)12-9-5-2-6-10-12/h1-5,7-10H/q+1. The third-order valence-corrected chi connectivity index (χ3v) is 1.81. The van der Waals surface area contributed by atoms with Crippen LogP contribution in [-0.2, 0) is 0 Å². The minimum Gasteiger partial charge on any atom is -0.0621 e. The van der Waals surface area contributed by atoms with Crippen LogP contribution in [0.1, 0.15) is 5.56 Å². The van der Waals surface area contributed by atoms with E-state index >= 15 is 0 Å². The summed E-state index contributed by atoms with van der Waals surface area (Å²) in [5.74, 6) is 0. The van der Waals surface area contributed by atoms with Crippen molar-refractivity contribution in [3.63, 3.8) is 0 Å². The van der Waals surface area contributed by atoms with Crippen molar-refractivity contribution >= 4 is 5.57 Å². The molecule has 56 valence electrons. The molecule has 12 heavy (non-hydrogen) atoms. The van der Waals surface area contributed by atoms with E-state index < -0.39 is 0 Å². The second-order valence-electron chi connectivity index (χ2n) is 2.66. The average Bonchev–Trinajstić information content (AvgIpc) is 2.21. The fourth-order valence-electron chi connectivity index (χ4n) is 1.20. The molecule has 0 amide bonds. The third kappa shape index (κ3) is 1.34. The fraction of sp³-hybridized carbons (Fsp3) is 0. The van der Waals surface area contributed by atoms with Crippen LogP contribution < -0.4 is 0 Å². The molecule has 1 aliphatic rings. The number of hydrogen-bond acceptors (Lipinski definition) is 0. The zero-order valence-electron chi connectivity index (χ0n) is 6.70. The maximum atomic E-state index is 3.06. The Kier molecular flexibility index (Phi) is 1.85. The molecule has 0 N–H and O–H groups in total. The number of allylic oxidation sites excluding steroid dienone is 6. The molecule has 2 rings (SSSR count). The summed E-state index contributed by atoms with van der Waals surface area (Å²) in [6, 6.07) is 10.3. The van der Waals surface area contributed by atoms with Gasteiger partial charge in [-0.05, 0) is 12.1 Å². The highest BCUT2D eigenvalue weighted by molar-refractivity contribution is 5.75. The molecule has 1 aromatic rings. The van der Waals surface area contributed by atoms with Gasteiger partial charge < -0.3 is 0 Å². The minimum atomic E-state index is 1.22. The molecular weight excluding hydrogens is 144 g/mol. The van der Waals surface area contributed by atoms with Crippen LogP contribution >= 0.6 is 0 Å². The molecular formula is C12H9+. The van der Waals surface area contributed by atoms with Gasteiger partial charge in [0, 0.05) is 17.7 Å². The van der Waals surface area contributed by atoms with Gasteiger partial charge in [0.1, 0.15) is 12.2 Å². The Morgan fingerprint density at radius 3 is 2.50 bits per heavy atom. The lowest BCUT2D eigenvalue weighted by Gasteiger charge is -1.94. The summed E-state index contributed by atoms with van der Waals surface area (Å²) in [5, 5.41) is 0. The van der Waals surface area contributed by atoms with E-state index in [9.17, 15) is 0 Å². The molecule has 0 unspecified atom stereocenters. The molecule has 0 aromatic heterocycles. The highest BCUT2D eigenvalue weighted by Gasteiger charge is 2.04. The first-order chi connectivity index (χ1) is 5.97. The molecule has 1 aromatic carbocycles. The molecule has 0 fully saturated rings. The van der Waals surface area contributed by atoms with Gasteiger partial charge in [-0.2, -0.15) is 0 Å². The highest BCUT2D eigenvalue weighted by atomic mass is 14.0.